The van der Waals surface area contributed by atoms with Crippen molar-refractivity contribution in [3.8, 4) is 0 Å². The van der Waals surface area contributed by atoms with Crippen LogP contribution in [-0.2, 0) is 21.2 Å². The van der Waals surface area contributed by atoms with E-state index in [4.69, 9.17) is 0 Å². The maximum absolute atomic E-state index is 13.4. The van der Waals surface area contributed by atoms with Crippen LogP contribution < -0.4 is 10.0 Å². The molecule has 0 radical (unpaired) electrons. The predicted octanol–water partition coefficient (Wildman–Crippen LogP) is 1.23. The molecule has 0 atom stereocenters. The Labute approximate surface area is 124 Å². The van der Waals surface area contributed by atoms with Crippen LogP contribution in [0.4, 0.5) is 14.7 Å². The van der Waals surface area contributed by atoms with Crippen LogP contribution in [0.3, 0.4) is 0 Å². The first-order chi connectivity index (χ1) is 9.83. The van der Waals surface area contributed by atoms with Gasteiger partial charge in [-0.25, -0.2) is 12.8 Å². The largest absolute Gasteiger partial charge is 0.300 e. The van der Waals surface area contributed by atoms with Crippen LogP contribution in [0.1, 0.15) is 5.56 Å². The Balaban J connectivity index is 1.99. The van der Waals surface area contributed by atoms with Crippen molar-refractivity contribution in [2.24, 2.45) is 0 Å². The van der Waals surface area contributed by atoms with Crippen molar-refractivity contribution in [2.75, 3.05) is 16.3 Å². The molecule has 1 heterocycles. The van der Waals surface area contributed by atoms with Gasteiger partial charge in [-0.2, -0.15) is 0 Å². The minimum absolute atomic E-state index is 0.0405. The molecule has 21 heavy (non-hydrogen) atoms. The van der Waals surface area contributed by atoms with Crippen LogP contribution in [-0.4, -0.2) is 30.8 Å². The van der Waals surface area contributed by atoms with E-state index in [1.165, 1.54) is 18.2 Å². The summed E-state index contributed by atoms with van der Waals surface area (Å²) < 4.78 is 37.6. The summed E-state index contributed by atoms with van der Waals surface area (Å²) in [7, 11) is -3.45. The lowest BCUT2D eigenvalue weighted by Gasteiger charge is -2.02. The number of aromatic nitrogens is 2. The van der Waals surface area contributed by atoms with E-state index in [0.717, 1.165) is 17.6 Å². The molecule has 1 aromatic heterocycles. The molecule has 0 aliphatic carbocycles. The SMILES string of the molecule is CS(=O)(=O)Nc1nnc(NC(=O)Cc2ccccc2F)s1. The third-order valence-electron chi connectivity index (χ3n) is 2.25. The summed E-state index contributed by atoms with van der Waals surface area (Å²) in [5, 5.41) is 9.78. The number of benzene rings is 1. The molecular formula is C11H11FN4O3S2. The minimum Gasteiger partial charge on any atom is -0.300 e. The Kier molecular flexibility index (Phi) is 4.48. The number of nitrogens with one attached hydrogen (secondary N) is 2. The van der Waals surface area contributed by atoms with Crippen molar-refractivity contribution in [3.05, 3.63) is 35.6 Å². The highest BCUT2D eigenvalue weighted by atomic mass is 32.2. The van der Waals surface area contributed by atoms with Crippen LogP contribution in [0.25, 0.3) is 0 Å². The van der Waals surface area contributed by atoms with E-state index in [0.29, 0.717) is 0 Å². The van der Waals surface area contributed by atoms with Gasteiger partial charge in [0.25, 0.3) is 0 Å². The van der Waals surface area contributed by atoms with Gasteiger partial charge >= 0.3 is 0 Å². The van der Waals surface area contributed by atoms with Crippen molar-refractivity contribution in [1.29, 1.82) is 0 Å². The van der Waals surface area contributed by atoms with Crippen LogP contribution in [0.2, 0.25) is 0 Å². The Morgan fingerprint density at radius 2 is 1.95 bits per heavy atom. The maximum Gasteiger partial charge on any atom is 0.231 e. The van der Waals surface area contributed by atoms with Gasteiger partial charge in [0.05, 0.1) is 12.7 Å². The van der Waals surface area contributed by atoms with Gasteiger partial charge in [-0.1, -0.05) is 29.5 Å². The molecule has 10 heteroatoms. The molecule has 2 aromatic rings. The lowest BCUT2D eigenvalue weighted by Crippen LogP contribution is -2.15. The lowest BCUT2D eigenvalue weighted by molar-refractivity contribution is -0.115. The fraction of sp³-hybridized carbons (Fsp3) is 0.182. The summed E-state index contributed by atoms with van der Waals surface area (Å²) >= 11 is 0.865. The number of nitrogens with zero attached hydrogens (tertiary/aromatic N) is 2. The third-order valence-corrected chi connectivity index (χ3v) is 3.70. The molecule has 0 fully saturated rings. The second kappa shape index (κ2) is 6.14. The molecule has 0 aliphatic rings. The van der Waals surface area contributed by atoms with E-state index < -0.39 is 21.7 Å². The Hall–Kier alpha value is -2.07. The topological polar surface area (TPSA) is 101 Å². The summed E-state index contributed by atoms with van der Waals surface area (Å²) in [5.74, 6) is -0.938. The van der Waals surface area contributed by atoms with Crippen molar-refractivity contribution < 1.29 is 17.6 Å². The summed E-state index contributed by atoms with van der Waals surface area (Å²) in [6, 6.07) is 5.93. The van der Waals surface area contributed by atoms with Crippen molar-refractivity contribution in [1.82, 2.24) is 10.2 Å². The Morgan fingerprint density at radius 1 is 1.29 bits per heavy atom. The molecule has 112 valence electrons. The number of halogens is 1. The van der Waals surface area contributed by atoms with E-state index in [1.54, 1.807) is 6.07 Å². The second-order valence-electron chi connectivity index (χ2n) is 4.10. The van der Waals surface area contributed by atoms with Gasteiger partial charge in [0.15, 0.2) is 0 Å². The first kappa shape index (κ1) is 15.3. The summed E-state index contributed by atoms with van der Waals surface area (Å²) in [5.41, 5.74) is 0.258. The van der Waals surface area contributed by atoms with E-state index in [9.17, 15) is 17.6 Å². The molecule has 0 unspecified atom stereocenters. The molecule has 1 amide bonds. The number of amides is 1. The van der Waals surface area contributed by atoms with Gasteiger partial charge in [-0.3, -0.25) is 9.52 Å². The molecular weight excluding hydrogens is 319 g/mol. The minimum atomic E-state index is -3.45. The van der Waals surface area contributed by atoms with Crippen LogP contribution in [0, 0.1) is 5.82 Å². The number of carbonyl (C=O) groups is 1. The van der Waals surface area contributed by atoms with Gasteiger partial charge in [-0.15, -0.1) is 10.2 Å². The van der Waals surface area contributed by atoms with Gasteiger partial charge in [-0.05, 0) is 11.6 Å². The van der Waals surface area contributed by atoms with E-state index >= 15 is 0 Å². The van der Waals surface area contributed by atoms with Crippen molar-refractivity contribution in [2.45, 2.75) is 6.42 Å². The number of rotatable bonds is 5. The fourth-order valence-electron chi connectivity index (χ4n) is 1.45. The first-order valence-electron chi connectivity index (χ1n) is 5.68. The number of hydrogen-bond donors (Lipinski definition) is 2. The molecule has 2 rings (SSSR count). The highest BCUT2D eigenvalue weighted by Gasteiger charge is 2.12. The zero-order chi connectivity index (χ0) is 15.5. The maximum atomic E-state index is 13.4. The molecule has 1 aromatic carbocycles. The first-order valence-corrected chi connectivity index (χ1v) is 8.39. The number of carbonyl (C=O) groups excluding carboxylic acids is 1. The zero-order valence-corrected chi connectivity index (χ0v) is 12.5. The number of anilines is 2. The molecule has 0 saturated carbocycles. The highest BCUT2D eigenvalue weighted by molar-refractivity contribution is 7.92. The molecule has 0 aliphatic heterocycles. The monoisotopic (exact) mass is 330 g/mol. The second-order valence-corrected chi connectivity index (χ2v) is 6.83. The molecule has 2 N–H and O–H groups in total. The number of sulfonamides is 1. The average molecular weight is 330 g/mol. The summed E-state index contributed by atoms with van der Waals surface area (Å²) in [6.45, 7) is 0. The molecule has 0 spiro atoms. The standard InChI is InChI=1S/C11H11FN4O3S2/c1-21(18,19)16-11-15-14-10(20-11)13-9(17)6-7-4-2-3-5-8(7)12/h2-5H,6H2,1H3,(H,15,16)(H,13,14,17). The quantitative estimate of drug-likeness (QED) is 0.858. The Morgan fingerprint density at radius 3 is 2.62 bits per heavy atom. The average Bonchev–Trinajstić information content (AvgIpc) is 2.77. The normalized spacial score (nSPS) is 11.1. The predicted molar refractivity (Wildman–Crippen MR) is 77.1 cm³/mol. The third kappa shape index (κ3) is 4.76. The van der Waals surface area contributed by atoms with Crippen LogP contribution in [0.15, 0.2) is 24.3 Å². The van der Waals surface area contributed by atoms with Crippen molar-refractivity contribution >= 4 is 37.5 Å². The van der Waals surface area contributed by atoms with Gasteiger partial charge in [0, 0.05) is 0 Å². The fourth-order valence-corrected chi connectivity index (χ4v) is 2.94. The molecule has 7 nitrogen and oxygen atoms in total. The zero-order valence-electron chi connectivity index (χ0n) is 10.8. The van der Waals surface area contributed by atoms with Gasteiger partial charge in [0.1, 0.15) is 5.82 Å². The van der Waals surface area contributed by atoms with Crippen LogP contribution >= 0.6 is 11.3 Å². The summed E-state index contributed by atoms with van der Waals surface area (Å²) in [6.07, 6.45) is 0.825. The van der Waals surface area contributed by atoms with Crippen LogP contribution in [0.5, 0.6) is 0 Å². The molecule has 0 bridgehead atoms. The van der Waals surface area contributed by atoms with E-state index in [1.807, 2.05) is 0 Å². The van der Waals surface area contributed by atoms with Gasteiger partial charge in [0.2, 0.25) is 26.2 Å². The van der Waals surface area contributed by atoms with Gasteiger partial charge < -0.3 is 5.32 Å². The van der Waals surface area contributed by atoms with E-state index in [2.05, 4.69) is 20.2 Å². The highest BCUT2D eigenvalue weighted by Crippen LogP contribution is 2.21. The van der Waals surface area contributed by atoms with Crippen molar-refractivity contribution in [3.63, 3.8) is 0 Å². The summed E-state index contributed by atoms with van der Waals surface area (Å²) in [4.78, 5) is 11.8. The van der Waals surface area contributed by atoms with E-state index in [-0.39, 0.29) is 22.2 Å². The lowest BCUT2D eigenvalue weighted by atomic mass is 10.1. The smallest absolute Gasteiger partial charge is 0.231 e. The molecule has 0 saturated heterocycles. The Bertz CT molecular complexity index is 760. The number of hydrogen-bond acceptors (Lipinski definition) is 6.